The first-order valence-corrected chi connectivity index (χ1v) is 9.78. The van der Waals surface area contributed by atoms with Crippen molar-refractivity contribution >= 4 is 24.3 Å². The van der Waals surface area contributed by atoms with E-state index in [0.717, 1.165) is 28.5 Å². The monoisotopic (exact) mass is 389 g/mol. The van der Waals surface area contributed by atoms with Gasteiger partial charge in [-0.1, -0.05) is 42.5 Å². The van der Waals surface area contributed by atoms with Crippen molar-refractivity contribution in [1.82, 2.24) is 4.98 Å². The molecule has 0 fully saturated rings. The highest BCUT2D eigenvalue weighted by Gasteiger charge is 2.11. The number of hydrogen-bond donors (Lipinski definition) is 0. The van der Waals surface area contributed by atoms with Crippen LogP contribution in [0.15, 0.2) is 100 Å². The molecule has 0 saturated carbocycles. The molecule has 0 atom stereocenters. The lowest BCUT2D eigenvalue weighted by Crippen LogP contribution is -1.89. The van der Waals surface area contributed by atoms with Gasteiger partial charge in [0, 0.05) is 0 Å². The van der Waals surface area contributed by atoms with Gasteiger partial charge in [0.15, 0.2) is 0 Å². The molecule has 3 heteroatoms. The van der Waals surface area contributed by atoms with Gasteiger partial charge in [-0.2, -0.15) is 0 Å². The highest BCUT2D eigenvalue weighted by Crippen LogP contribution is 2.35. The minimum Gasteiger partial charge on any atom is -0.465 e. The molecule has 0 saturated heterocycles. The first-order chi connectivity index (χ1) is 14.8. The summed E-state index contributed by atoms with van der Waals surface area (Å²) in [4.78, 5) is 4.78. The van der Waals surface area contributed by atoms with Crippen molar-refractivity contribution in [2.75, 3.05) is 0 Å². The molecule has 0 unspecified atom stereocenters. The molecule has 0 amide bonds. The Labute approximate surface area is 175 Å². The van der Waals surface area contributed by atoms with Crippen molar-refractivity contribution in [3.05, 3.63) is 114 Å². The highest BCUT2D eigenvalue weighted by molar-refractivity contribution is 5.88. The van der Waals surface area contributed by atoms with Gasteiger partial charge in [0.05, 0.1) is 23.9 Å². The molecule has 3 aromatic heterocycles. The molecular weight excluding hydrogens is 370 g/mol. The summed E-state index contributed by atoms with van der Waals surface area (Å²) in [5.74, 6) is 1.58. The van der Waals surface area contributed by atoms with E-state index < -0.39 is 0 Å². The summed E-state index contributed by atoms with van der Waals surface area (Å²) >= 11 is 0. The number of furan rings is 2. The number of hydrogen-bond acceptors (Lipinski definition) is 3. The molecule has 144 valence electrons. The fraction of sp³-hybridized carbons (Fsp3) is 0. The average molecular weight is 389 g/mol. The van der Waals surface area contributed by atoms with Gasteiger partial charge in [-0.3, -0.25) is 0 Å². The second-order valence-corrected chi connectivity index (χ2v) is 6.93. The number of fused-ring (bicyclic) bond motifs is 1. The maximum atomic E-state index is 5.41. The third-order valence-electron chi connectivity index (χ3n) is 4.89. The quantitative estimate of drug-likeness (QED) is 0.315. The van der Waals surface area contributed by atoms with Crippen molar-refractivity contribution in [2.45, 2.75) is 0 Å². The molecule has 3 heterocycles. The Balaban J connectivity index is 1.59. The number of pyridine rings is 1. The third-order valence-corrected chi connectivity index (χ3v) is 4.89. The van der Waals surface area contributed by atoms with Crippen LogP contribution in [0.1, 0.15) is 22.9 Å². The van der Waals surface area contributed by atoms with Crippen LogP contribution in [-0.4, -0.2) is 4.98 Å². The molecule has 0 radical (unpaired) electrons. The van der Waals surface area contributed by atoms with Gasteiger partial charge in [-0.25, -0.2) is 4.98 Å². The zero-order chi connectivity index (χ0) is 20.2. The minimum atomic E-state index is 0.792. The molecule has 0 bridgehead atoms. The van der Waals surface area contributed by atoms with Crippen LogP contribution in [0.2, 0.25) is 0 Å². The van der Waals surface area contributed by atoms with E-state index in [0.29, 0.717) is 0 Å². The summed E-state index contributed by atoms with van der Waals surface area (Å²) in [6.07, 6.45) is 11.1. The van der Waals surface area contributed by atoms with Crippen molar-refractivity contribution in [3.8, 4) is 22.3 Å². The van der Waals surface area contributed by atoms with E-state index in [4.69, 9.17) is 13.8 Å². The largest absolute Gasteiger partial charge is 0.465 e. The lowest BCUT2D eigenvalue weighted by Gasteiger charge is -2.06. The van der Waals surface area contributed by atoms with Crippen LogP contribution < -0.4 is 0 Å². The van der Waals surface area contributed by atoms with Gasteiger partial charge < -0.3 is 8.83 Å². The van der Waals surface area contributed by atoms with Crippen LogP contribution in [0.5, 0.6) is 0 Å². The molecule has 30 heavy (non-hydrogen) atoms. The zero-order valence-electron chi connectivity index (χ0n) is 16.2. The fourth-order valence-electron chi connectivity index (χ4n) is 3.47. The summed E-state index contributed by atoms with van der Waals surface area (Å²) < 4.78 is 10.8. The van der Waals surface area contributed by atoms with E-state index in [1.165, 1.54) is 16.7 Å². The van der Waals surface area contributed by atoms with Crippen LogP contribution in [0.25, 0.3) is 46.6 Å². The molecule has 0 aromatic carbocycles. The van der Waals surface area contributed by atoms with E-state index in [2.05, 4.69) is 48.5 Å². The molecule has 3 aromatic rings. The predicted molar refractivity (Wildman–Crippen MR) is 122 cm³/mol. The Morgan fingerprint density at radius 2 is 1.17 bits per heavy atom. The lowest BCUT2D eigenvalue weighted by atomic mass is 10.0. The Hall–Kier alpha value is -4.11. The highest BCUT2D eigenvalue weighted by atomic mass is 16.3. The summed E-state index contributed by atoms with van der Waals surface area (Å²) in [5.41, 5.74) is 6.45. The van der Waals surface area contributed by atoms with Gasteiger partial charge >= 0.3 is 0 Å². The summed E-state index contributed by atoms with van der Waals surface area (Å²) in [7, 11) is 0. The normalized spacial score (nSPS) is 11.7. The molecule has 0 spiro atoms. The first kappa shape index (κ1) is 18.0. The number of rotatable bonds is 5. The van der Waals surface area contributed by atoms with Crippen LogP contribution in [0, 0.1) is 0 Å². The van der Waals surface area contributed by atoms with E-state index >= 15 is 0 Å². The Kier molecular flexibility index (Phi) is 4.84. The SMILES string of the molecule is C(=C\c1ccco1)/c1cc(-c2ccc3cccccc2-3)cc(/C=C/c2ccco2)n1. The molecule has 5 rings (SSSR count). The second kappa shape index (κ2) is 8.10. The molecule has 3 nitrogen and oxygen atoms in total. The van der Waals surface area contributed by atoms with Crippen molar-refractivity contribution in [3.63, 3.8) is 0 Å². The van der Waals surface area contributed by atoms with Gasteiger partial charge in [0.2, 0.25) is 0 Å². The Bertz CT molecular complexity index is 1220. The summed E-state index contributed by atoms with van der Waals surface area (Å²) in [6, 6.07) is 26.6. The summed E-state index contributed by atoms with van der Waals surface area (Å²) in [5, 5.41) is 0. The van der Waals surface area contributed by atoms with Crippen LogP contribution >= 0.6 is 0 Å². The molecule has 2 aliphatic carbocycles. The molecule has 0 aliphatic heterocycles. The standard InChI is InChI=1S/C27H19NO2/c1-2-6-20-10-15-27(26(20)9-3-1)21-18-22(11-13-24-7-4-16-29-24)28-23(19-21)12-14-25-8-5-17-30-25/h1-19H/b13-11+,14-12+. The van der Waals surface area contributed by atoms with E-state index in [1.54, 1.807) is 12.5 Å². The fourth-order valence-corrected chi connectivity index (χ4v) is 3.47. The maximum absolute atomic E-state index is 5.41. The number of aromatic nitrogens is 1. The van der Waals surface area contributed by atoms with Crippen LogP contribution in [-0.2, 0) is 0 Å². The van der Waals surface area contributed by atoms with Gasteiger partial charge in [0.25, 0.3) is 0 Å². The van der Waals surface area contributed by atoms with Crippen molar-refractivity contribution in [1.29, 1.82) is 0 Å². The zero-order valence-corrected chi connectivity index (χ0v) is 16.2. The summed E-state index contributed by atoms with van der Waals surface area (Å²) in [6.45, 7) is 0. The number of nitrogens with zero attached hydrogens (tertiary/aromatic N) is 1. The smallest absolute Gasteiger partial charge is 0.126 e. The molecular formula is C27H19NO2. The maximum Gasteiger partial charge on any atom is 0.126 e. The lowest BCUT2D eigenvalue weighted by molar-refractivity contribution is 0.557. The van der Waals surface area contributed by atoms with Gasteiger partial charge in [-0.15, -0.1) is 0 Å². The third kappa shape index (κ3) is 3.87. The van der Waals surface area contributed by atoms with Gasteiger partial charge in [0.1, 0.15) is 11.5 Å². The van der Waals surface area contributed by atoms with E-state index in [9.17, 15) is 0 Å². The van der Waals surface area contributed by atoms with E-state index in [1.807, 2.05) is 54.6 Å². The van der Waals surface area contributed by atoms with Crippen LogP contribution in [0.4, 0.5) is 0 Å². The van der Waals surface area contributed by atoms with Gasteiger partial charge in [-0.05, 0) is 83.0 Å². The van der Waals surface area contributed by atoms with Crippen LogP contribution in [0.3, 0.4) is 0 Å². The average Bonchev–Trinajstić information content (AvgIpc) is 3.51. The molecule has 0 N–H and O–H groups in total. The topological polar surface area (TPSA) is 39.2 Å². The predicted octanol–water partition coefficient (Wildman–Crippen LogP) is 7.38. The molecule has 2 aliphatic rings. The Morgan fingerprint density at radius 1 is 0.533 bits per heavy atom. The van der Waals surface area contributed by atoms with E-state index in [-0.39, 0.29) is 0 Å². The Morgan fingerprint density at radius 3 is 1.80 bits per heavy atom. The first-order valence-electron chi connectivity index (χ1n) is 9.78. The van der Waals surface area contributed by atoms with Crippen molar-refractivity contribution in [2.24, 2.45) is 0 Å². The van der Waals surface area contributed by atoms with Crippen molar-refractivity contribution < 1.29 is 8.83 Å². The second-order valence-electron chi connectivity index (χ2n) is 6.93. The minimum absolute atomic E-state index is 0.792.